The lowest BCUT2D eigenvalue weighted by atomic mass is 9.96. The molecular weight excluding hydrogens is 279 g/mol. The fraction of sp³-hybridized carbons (Fsp3) is 0.625. The van der Waals surface area contributed by atoms with Crippen LogP contribution >= 0.6 is 0 Å². The minimum atomic E-state index is -4.64. The Hall–Kier alpha value is -1.23. The molecule has 4 unspecified atom stereocenters. The number of benzene rings is 1. The monoisotopic (exact) mass is 301 g/mol. The number of halogens is 3. The highest BCUT2D eigenvalue weighted by Gasteiger charge is 2.32. The fourth-order valence-electron chi connectivity index (χ4n) is 2.98. The van der Waals surface area contributed by atoms with E-state index in [-0.39, 0.29) is 11.8 Å². The number of hydrogen-bond acceptors (Lipinski definition) is 2. The van der Waals surface area contributed by atoms with Crippen LogP contribution in [0.25, 0.3) is 0 Å². The molecule has 1 aromatic carbocycles. The zero-order valence-electron chi connectivity index (χ0n) is 12.6. The molecule has 0 spiro atoms. The number of alkyl halides is 3. The van der Waals surface area contributed by atoms with Gasteiger partial charge in [-0.05, 0) is 49.3 Å². The van der Waals surface area contributed by atoms with Gasteiger partial charge in [0.25, 0.3) is 0 Å². The van der Waals surface area contributed by atoms with E-state index in [1.807, 2.05) is 6.92 Å². The Morgan fingerprint density at radius 3 is 2.24 bits per heavy atom. The van der Waals surface area contributed by atoms with Gasteiger partial charge in [-0.2, -0.15) is 0 Å². The predicted octanol–water partition coefficient (Wildman–Crippen LogP) is 4.67. The van der Waals surface area contributed by atoms with Gasteiger partial charge in [-0.3, -0.25) is 0 Å². The average Bonchev–Trinajstić information content (AvgIpc) is 2.69. The van der Waals surface area contributed by atoms with Crippen LogP contribution in [-0.2, 0) is 0 Å². The molecular formula is C16H22F3NO. The second kappa shape index (κ2) is 6.26. The van der Waals surface area contributed by atoms with E-state index < -0.39 is 6.36 Å². The SMILES string of the molecule is CC(NC1CCC(C)C1C)c1ccc(OC(F)(F)F)cc1. The molecule has 1 aliphatic carbocycles. The van der Waals surface area contributed by atoms with E-state index in [2.05, 4.69) is 23.9 Å². The minimum absolute atomic E-state index is 0.114. The molecule has 1 N–H and O–H groups in total. The molecule has 2 nitrogen and oxygen atoms in total. The summed E-state index contributed by atoms with van der Waals surface area (Å²) in [4.78, 5) is 0. The zero-order valence-corrected chi connectivity index (χ0v) is 12.6. The Kier molecular flexibility index (Phi) is 4.81. The first-order chi connectivity index (χ1) is 9.76. The van der Waals surface area contributed by atoms with Crippen molar-refractivity contribution in [3.63, 3.8) is 0 Å². The van der Waals surface area contributed by atoms with E-state index in [0.717, 1.165) is 17.9 Å². The van der Waals surface area contributed by atoms with Gasteiger partial charge in [0.2, 0.25) is 0 Å². The van der Waals surface area contributed by atoms with Gasteiger partial charge in [0.1, 0.15) is 5.75 Å². The minimum Gasteiger partial charge on any atom is -0.406 e. The molecule has 118 valence electrons. The summed E-state index contributed by atoms with van der Waals surface area (Å²) in [5.74, 6) is 1.17. The van der Waals surface area contributed by atoms with E-state index in [1.165, 1.54) is 18.6 Å². The lowest BCUT2D eigenvalue weighted by Gasteiger charge is -2.24. The van der Waals surface area contributed by atoms with Crippen LogP contribution in [0.1, 0.15) is 45.2 Å². The summed E-state index contributed by atoms with van der Waals surface area (Å²) in [5, 5.41) is 3.58. The van der Waals surface area contributed by atoms with E-state index >= 15 is 0 Å². The number of nitrogens with one attached hydrogen (secondary N) is 1. The summed E-state index contributed by atoms with van der Waals surface area (Å²) >= 11 is 0. The lowest BCUT2D eigenvalue weighted by molar-refractivity contribution is -0.274. The number of rotatable bonds is 4. The van der Waals surface area contributed by atoms with E-state index in [4.69, 9.17) is 0 Å². The highest BCUT2D eigenvalue weighted by molar-refractivity contribution is 5.29. The van der Waals surface area contributed by atoms with Crippen LogP contribution in [0.5, 0.6) is 5.75 Å². The van der Waals surface area contributed by atoms with Crippen molar-refractivity contribution >= 4 is 0 Å². The molecule has 0 radical (unpaired) electrons. The van der Waals surface area contributed by atoms with Crippen LogP contribution in [0.3, 0.4) is 0 Å². The smallest absolute Gasteiger partial charge is 0.406 e. The van der Waals surface area contributed by atoms with Crippen LogP contribution in [0.2, 0.25) is 0 Å². The van der Waals surface area contributed by atoms with Gasteiger partial charge in [0.05, 0.1) is 0 Å². The van der Waals surface area contributed by atoms with Gasteiger partial charge in [0.15, 0.2) is 0 Å². The molecule has 1 fully saturated rings. The second-order valence-corrected chi connectivity index (χ2v) is 6.03. The third-order valence-electron chi connectivity index (χ3n) is 4.54. The van der Waals surface area contributed by atoms with Gasteiger partial charge in [-0.25, -0.2) is 0 Å². The van der Waals surface area contributed by atoms with Crippen LogP contribution in [-0.4, -0.2) is 12.4 Å². The van der Waals surface area contributed by atoms with E-state index in [0.29, 0.717) is 12.0 Å². The van der Waals surface area contributed by atoms with Crippen molar-refractivity contribution in [3.8, 4) is 5.75 Å². The molecule has 0 aromatic heterocycles. The summed E-state index contributed by atoms with van der Waals surface area (Å²) in [7, 11) is 0. The van der Waals surface area contributed by atoms with Gasteiger partial charge in [-0.1, -0.05) is 26.0 Å². The number of ether oxygens (including phenoxy) is 1. The molecule has 0 bridgehead atoms. The molecule has 0 heterocycles. The van der Waals surface area contributed by atoms with Crippen molar-refractivity contribution in [1.82, 2.24) is 5.32 Å². The molecule has 5 heteroatoms. The van der Waals surface area contributed by atoms with Gasteiger partial charge in [-0.15, -0.1) is 13.2 Å². The van der Waals surface area contributed by atoms with Crippen molar-refractivity contribution in [2.75, 3.05) is 0 Å². The van der Waals surface area contributed by atoms with Crippen LogP contribution in [0.15, 0.2) is 24.3 Å². The first kappa shape index (κ1) is 16.1. The third kappa shape index (κ3) is 4.37. The Morgan fingerprint density at radius 2 is 1.76 bits per heavy atom. The van der Waals surface area contributed by atoms with Gasteiger partial charge in [0, 0.05) is 12.1 Å². The van der Waals surface area contributed by atoms with E-state index in [9.17, 15) is 13.2 Å². The molecule has 4 atom stereocenters. The average molecular weight is 301 g/mol. The third-order valence-corrected chi connectivity index (χ3v) is 4.54. The summed E-state index contributed by atoms with van der Waals surface area (Å²) < 4.78 is 40.2. The summed E-state index contributed by atoms with van der Waals surface area (Å²) in [6.45, 7) is 6.55. The Balaban J connectivity index is 1.95. The first-order valence-corrected chi connectivity index (χ1v) is 7.38. The molecule has 1 saturated carbocycles. The van der Waals surface area contributed by atoms with Gasteiger partial charge >= 0.3 is 6.36 Å². The Bertz CT molecular complexity index is 458. The Morgan fingerprint density at radius 1 is 1.14 bits per heavy atom. The van der Waals surface area contributed by atoms with Crippen LogP contribution in [0.4, 0.5) is 13.2 Å². The maximum Gasteiger partial charge on any atom is 0.573 e. The van der Waals surface area contributed by atoms with Crippen molar-refractivity contribution in [3.05, 3.63) is 29.8 Å². The van der Waals surface area contributed by atoms with Crippen molar-refractivity contribution in [2.24, 2.45) is 11.8 Å². The summed E-state index contributed by atoms with van der Waals surface area (Å²) in [6, 6.07) is 6.68. The molecule has 0 amide bonds. The number of hydrogen-bond donors (Lipinski definition) is 1. The van der Waals surface area contributed by atoms with Gasteiger partial charge < -0.3 is 10.1 Å². The maximum atomic E-state index is 12.1. The summed E-state index contributed by atoms with van der Waals surface area (Å²) in [6.07, 6.45) is -2.26. The van der Waals surface area contributed by atoms with Crippen molar-refractivity contribution < 1.29 is 17.9 Å². The lowest BCUT2D eigenvalue weighted by Crippen LogP contribution is -2.34. The molecule has 1 aromatic rings. The zero-order chi connectivity index (χ0) is 15.6. The molecule has 21 heavy (non-hydrogen) atoms. The summed E-state index contributed by atoms with van der Waals surface area (Å²) in [5.41, 5.74) is 0.969. The molecule has 2 rings (SSSR count). The predicted molar refractivity (Wildman–Crippen MR) is 76.0 cm³/mol. The topological polar surface area (TPSA) is 21.3 Å². The first-order valence-electron chi connectivity index (χ1n) is 7.38. The standard InChI is InChI=1S/C16H22F3NO/c1-10-4-9-15(11(10)2)20-12(3)13-5-7-14(8-6-13)21-16(17,18)19/h5-8,10-12,15,20H,4,9H2,1-3H3. The maximum absolute atomic E-state index is 12.1. The molecule has 1 aliphatic rings. The van der Waals surface area contributed by atoms with Crippen LogP contribution < -0.4 is 10.1 Å². The highest BCUT2D eigenvalue weighted by atomic mass is 19.4. The second-order valence-electron chi connectivity index (χ2n) is 6.03. The molecule has 0 saturated heterocycles. The fourth-order valence-corrected chi connectivity index (χ4v) is 2.98. The quantitative estimate of drug-likeness (QED) is 0.872. The van der Waals surface area contributed by atoms with E-state index in [1.54, 1.807) is 12.1 Å². The Labute approximate surface area is 123 Å². The molecule has 0 aliphatic heterocycles. The van der Waals surface area contributed by atoms with Crippen LogP contribution in [0, 0.1) is 11.8 Å². The highest BCUT2D eigenvalue weighted by Crippen LogP contribution is 2.33. The van der Waals surface area contributed by atoms with Crippen molar-refractivity contribution in [1.29, 1.82) is 0 Å². The van der Waals surface area contributed by atoms with Crippen molar-refractivity contribution in [2.45, 2.75) is 52.1 Å². The largest absolute Gasteiger partial charge is 0.573 e. The normalized spacial score (nSPS) is 27.6.